The van der Waals surface area contributed by atoms with Crippen LogP contribution in [0, 0.1) is 5.82 Å². The van der Waals surface area contributed by atoms with E-state index in [1.54, 1.807) is 19.1 Å². The third kappa shape index (κ3) is 5.20. The van der Waals surface area contributed by atoms with Gasteiger partial charge in [0.05, 0.1) is 6.61 Å². The van der Waals surface area contributed by atoms with Crippen LogP contribution in [0.5, 0.6) is 5.75 Å². The molecule has 3 nitrogen and oxygen atoms in total. The molecule has 0 N–H and O–H groups in total. The molecule has 18 heavy (non-hydrogen) atoms. The van der Waals surface area contributed by atoms with E-state index in [4.69, 9.17) is 9.47 Å². The van der Waals surface area contributed by atoms with E-state index >= 15 is 0 Å². The first-order chi connectivity index (χ1) is 8.67. The van der Waals surface area contributed by atoms with Gasteiger partial charge in [-0.2, -0.15) is 0 Å². The lowest BCUT2D eigenvalue weighted by atomic mass is 10.1. The molecule has 0 unspecified atom stereocenters. The molecular weight excluding hydrogens is 350 g/mol. The van der Waals surface area contributed by atoms with Crippen molar-refractivity contribution in [3.63, 3.8) is 0 Å². The van der Waals surface area contributed by atoms with Crippen molar-refractivity contribution >= 4 is 28.6 Å². The maximum Gasteiger partial charge on any atom is 0.344 e. The number of aryl methyl sites for hydroxylation is 1. The number of rotatable bonds is 7. The summed E-state index contributed by atoms with van der Waals surface area (Å²) in [5.41, 5.74) is 1.01. The Bertz CT molecular complexity index is 396. The van der Waals surface area contributed by atoms with Gasteiger partial charge in [0, 0.05) is 0 Å². The van der Waals surface area contributed by atoms with Crippen molar-refractivity contribution in [1.82, 2.24) is 0 Å². The summed E-state index contributed by atoms with van der Waals surface area (Å²) in [5, 5.41) is 0. The maximum absolute atomic E-state index is 13.4. The van der Waals surface area contributed by atoms with E-state index in [-0.39, 0.29) is 12.4 Å². The van der Waals surface area contributed by atoms with Crippen LogP contribution in [0.3, 0.4) is 0 Å². The van der Waals surface area contributed by atoms with E-state index in [9.17, 15) is 9.18 Å². The van der Waals surface area contributed by atoms with Gasteiger partial charge in [-0.05, 0) is 41.9 Å². The third-order valence-corrected chi connectivity index (χ3v) is 3.01. The van der Waals surface area contributed by atoms with Gasteiger partial charge in [-0.1, -0.05) is 28.7 Å². The predicted molar refractivity (Wildman–Crippen MR) is 75.7 cm³/mol. The van der Waals surface area contributed by atoms with E-state index < -0.39 is 11.8 Å². The van der Waals surface area contributed by atoms with E-state index in [1.165, 1.54) is 6.07 Å². The van der Waals surface area contributed by atoms with Crippen LogP contribution in [0.1, 0.15) is 18.9 Å². The summed E-state index contributed by atoms with van der Waals surface area (Å²) < 4.78 is 24.3. The molecule has 0 amide bonds. The monoisotopic (exact) mass is 366 g/mol. The third-order valence-electron chi connectivity index (χ3n) is 2.25. The number of ether oxygens (including phenoxy) is 2. The van der Waals surface area contributed by atoms with Gasteiger partial charge in [-0.25, -0.2) is 9.18 Å². The predicted octanol–water partition coefficient (Wildman–Crippen LogP) is 3.14. The van der Waals surface area contributed by atoms with Crippen molar-refractivity contribution in [2.45, 2.75) is 19.8 Å². The van der Waals surface area contributed by atoms with E-state index in [1.807, 2.05) is 0 Å². The number of esters is 1. The normalized spacial score (nSPS) is 10.2. The van der Waals surface area contributed by atoms with Crippen molar-refractivity contribution in [3.8, 4) is 5.75 Å². The second-order valence-corrected chi connectivity index (χ2v) is 4.73. The highest BCUT2D eigenvalue weighted by molar-refractivity contribution is 14.1. The highest BCUT2D eigenvalue weighted by Crippen LogP contribution is 2.20. The quantitative estimate of drug-likeness (QED) is 0.423. The second-order valence-electron chi connectivity index (χ2n) is 3.65. The second kappa shape index (κ2) is 8.29. The van der Waals surface area contributed by atoms with E-state index in [0.29, 0.717) is 6.61 Å². The molecule has 0 atom stereocenters. The van der Waals surface area contributed by atoms with Crippen molar-refractivity contribution in [3.05, 3.63) is 29.6 Å². The number of hydrogen-bond acceptors (Lipinski definition) is 3. The first-order valence-electron chi connectivity index (χ1n) is 5.80. The number of carbonyl (C=O) groups excluding carboxylic acids is 1. The number of hydrogen-bond donors (Lipinski definition) is 0. The largest absolute Gasteiger partial charge is 0.479 e. The molecule has 0 aliphatic carbocycles. The summed E-state index contributed by atoms with van der Waals surface area (Å²) in [5.74, 6) is -0.846. The molecule has 0 saturated heterocycles. The van der Waals surface area contributed by atoms with Crippen molar-refractivity contribution in [2.75, 3.05) is 17.6 Å². The van der Waals surface area contributed by atoms with Crippen LogP contribution in [0.15, 0.2) is 18.2 Å². The fraction of sp³-hybridized carbons (Fsp3) is 0.462. The van der Waals surface area contributed by atoms with Crippen molar-refractivity contribution < 1.29 is 18.7 Å². The van der Waals surface area contributed by atoms with E-state index in [2.05, 4.69) is 22.6 Å². The summed E-state index contributed by atoms with van der Waals surface area (Å²) >= 11 is 2.30. The van der Waals surface area contributed by atoms with Crippen LogP contribution < -0.4 is 4.74 Å². The van der Waals surface area contributed by atoms with Crippen LogP contribution in [0.2, 0.25) is 0 Å². The van der Waals surface area contributed by atoms with Crippen molar-refractivity contribution in [2.24, 2.45) is 0 Å². The summed E-state index contributed by atoms with van der Waals surface area (Å²) in [4.78, 5) is 11.1. The Balaban J connectivity index is 2.60. The topological polar surface area (TPSA) is 35.5 Å². The number of alkyl halides is 1. The molecule has 100 valence electrons. The average Bonchev–Trinajstić information content (AvgIpc) is 2.36. The number of benzene rings is 1. The first kappa shape index (κ1) is 15.2. The van der Waals surface area contributed by atoms with Gasteiger partial charge in [0.25, 0.3) is 0 Å². The number of halogens is 2. The van der Waals surface area contributed by atoms with Gasteiger partial charge in [0.15, 0.2) is 18.2 Å². The van der Waals surface area contributed by atoms with Crippen LogP contribution >= 0.6 is 22.6 Å². The summed E-state index contributed by atoms with van der Waals surface area (Å²) in [6, 6.07) is 4.74. The Hall–Kier alpha value is -0.850. The minimum atomic E-state index is -0.491. The Morgan fingerprint density at radius 2 is 2.22 bits per heavy atom. The fourth-order valence-electron chi connectivity index (χ4n) is 1.42. The molecule has 0 spiro atoms. The molecule has 0 saturated carbocycles. The zero-order valence-electron chi connectivity index (χ0n) is 10.2. The molecule has 5 heteroatoms. The van der Waals surface area contributed by atoms with Gasteiger partial charge in [-0.3, -0.25) is 0 Å². The molecule has 1 rings (SSSR count). The molecule has 0 aliphatic rings. The standard InChI is InChI=1S/C13H16FIO3/c1-2-17-13(16)9-18-12-8-10(4-3-7-15)5-6-11(12)14/h5-6,8H,2-4,7,9H2,1H3. The van der Waals surface area contributed by atoms with Gasteiger partial charge in [0.2, 0.25) is 0 Å². The van der Waals surface area contributed by atoms with Gasteiger partial charge >= 0.3 is 5.97 Å². The van der Waals surface area contributed by atoms with Crippen LogP contribution in [0.4, 0.5) is 4.39 Å². The zero-order chi connectivity index (χ0) is 13.4. The van der Waals surface area contributed by atoms with Gasteiger partial charge < -0.3 is 9.47 Å². The smallest absolute Gasteiger partial charge is 0.344 e. The minimum absolute atomic E-state index is 0.106. The molecule has 0 fully saturated rings. The molecule has 0 bridgehead atoms. The summed E-state index contributed by atoms with van der Waals surface area (Å²) in [6.07, 6.45) is 1.91. The molecule has 1 aromatic carbocycles. The Morgan fingerprint density at radius 3 is 2.89 bits per heavy atom. The van der Waals surface area contributed by atoms with Gasteiger partial charge in [-0.15, -0.1) is 0 Å². The average molecular weight is 366 g/mol. The molecule has 1 aromatic rings. The fourth-order valence-corrected chi connectivity index (χ4v) is 1.81. The highest BCUT2D eigenvalue weighted by Gasteiger charge is 2.08. The SMILES string of the molecule is CCOC(=O)COc1cc(CCCI)ccc1F. The zero-order valence-corrected chi connectivity index (χ0v) is 12.4. The lowest BCUT2D eigenvalue weighted by molar-refractivity contribution is -0.145. The maximum atomic E-state index is 13.4. The molecule has 0 aromatic heterocycles. The van der Waals surface area contributed by atoms with Gasteiger partial charge in [0.1, 0.15) is 0 Å². The summed E-state index contributed by atoms with van der Waals surface area (Å²) in [7, 11) is 0. The van der Waals surface area contributed by atoms with Crippen molar-refractivity contribution in [1.29, 1.82) is 0 Å². The van der Waals surface area contributed by atoms with E-state index in [0.717, 1.165) is 22.8 Å². The Labute approximate surface area is 120 Å². The van der Waals surface area contributed by atoms with Crippen LogP contribution in [-0.4, -0.2) is 23.6 Å². The molecular formula is C13H16FIO3. The summed E-state index contributed by atoms with van der Waals surface area (Å²) in [6.45, 7) is 1.74. The van der Waals surface area contributed by atoms with Crippen LogP contribution in [-0.2, 0) is 16.0 Å². The van der Waals surface area contributed by atoms with Crippen LogP contribution in [0.25, 0.3) is 0 Å². The molecule has 0 heterocycles. The molecule has 0 aliphatic heterocycles. The highest BCUT2D eigenvalue weighted by atomic mass is 127. The Morgan fingerprint density at radius 1 is 1.44 bits per heavy atom. The minimum Gasteiger partial charge on any atom is -0.479 e. The molecule has 0 radical (unpaired) electrons. The first-order valence-corrected chi connectivity index (χ1v) is 7.32. The lowest BCUT2D eigenvalue weighted by Gasteiger charge is -2.08. The lowest BCUT2D eigenvalue weighted by Crippen LogP contribution is -2.15. The number of carbonyl (C=O) groups is 1. The Kier molecular flexibility index (Phi) is 7.00.